The van der Waals surface area contributed by atoms with Crippen molar-refractivity contribution in [2.75, 3.05) is 30.4 Å². The lowest BCUT2D eigenvalue weighted by Crippen LogP contribution is -2.36. The molecule has 1 fully saturated rings. The number of imide groups is 1. The maximum atomic E-state index is 12.8. The molecule has 4 rings (SSSR count). The Balaban J connectivity index is 1.32. The minimum Gasteiger partial charge on any atom is -0.494 e. The molecule has 1 aliphatic rings. The third-order valence-electron chi connectivity index (χ3n) is 5.57. The molecule has 0 unspecified atom stereocenters. The molecule has 3 aromatic carbocycles. The van der Waals surface area contributed by atoms with Gasteiger partial charge in [-0.1, -0.05) is 35.4 Å². The summed E-state index contributed by atoms with van der Waals surface area (Å²) in [5.74, 6) is -0.481. The van der Waals surface area contributed by atoms with E-state index in [1.54, 1.807) is 54.6 Å². The number of halogens is 1. The lowest BCUT2D eigenvalue weighted by atomic mass is 10.2. The number of hydrogen-bond donors (Lipinski definition) is 2. The van der Waals surface area contributed by atoms with E-state index in [0.717, 1.165) is 22.2 Å². The third kappa shape index (κ3) is 7.64. The highest BCUT2D eigenvalue weighted by Gasteiger charge is 2.36. The Morgan fingerprint density at radius 1 is 0.925 bits per heavy atom. The van der Waals surface area contributed by atoms with Gasteiger partial charge in [-0.15, -0.1) is 0 Å². The molecule has 40 heavy (non-hydrogen) atoms. The van der Waals surface area contributed by atoms with Crippen molar-refractivity contribution in [1.29, 1.82) is 0 Å². The zero-order valence-electron chi connectivity index (χ0n) is 21.7. The Labute approximate surface area is 240 Å². The van der Waals surface area contributed by atoms with Gasteiger partial charge in [-0.2, -0.15) is 0 Å². The largest absolute Gasteiger partial charge is 0.494 e. The van der Waals surface area contributed by atoms with E-state index in [0.29, 0.717) is 29.3 Å². The third-order valence-corrected chi connectivity index (χ3v) is 6.77. The van der Waals surface area contributed by atoms with Gasteiger partial charge < -0.3 is 20.1 Å². The number of anilines is 2. The lowest BCUT2D eigenvalue weighted by Gasteiger charge is -2.13. The van der Waals surface area contributed by atoms with E-state index in [9.17, 15) is 19.2 Å². The second kappa shape index (κ2) is 13.2. The van der Waals surface area contributed by atoms with Gasteiger partial charge in [0.15, 0.2) is 6.61 Å². The average molecular weight is 580 g/mol. The fourth-order valence-electron chi connectivity index (χ4n) is 3.63. The summed E-state index contributed by atoms with van der Waals surface area (Å²) < 4.78 is 10.9. The highest BCUT2D eigenvalue weighted by molar-refractivity contribution is 8.18. The van der Waals surface area contributed by atoms with E-state index in [-0.39, 0.29) is 28.2 Å². The summed E-state index contributed by atoms with van der Waals surface area (Å²) in [6.45, 7) is 3.68. The van der Waals surface area contributed by atoms with Crippen LogP contribution >= 0.6 is 23.4 Å². The van der Waals surface area contributed by atoms with E-state index in [2.05, 4.69) is 10.6 Å². The molecule has 0 atom stereocenters. The summed E-state index contributed by atoms with van der Waals surface area (Å²) in [5.41, 5.74) is 2.80. The summed E-state index contributed by atoms with van der Waals surface area (Å²) in [4.78, 5) is 51.0. The normalized spacial score (nSPS) is 13.9. The van der Waals surface area contributed by atoms with Gasteiger partial charge >= 0.3 is 0 Å². The molecule has 0 saturated carbocycles. The zero-order valence-corrected chi connectivity index (χ0v) is 23.3. The predicted molar refractivity (Wildman–Crippen MR) is 156 cm³/mol. The molecule has 3 aromatic rings. The van der Waals surface area contributed by atoms with E-state index in [1.165, 1.54) is 6.08 Å². The van der Waals surface area contributed by atoms with Gasteiger partial charge in [0.25, 0.3) is 17.1 Å². The Morgan fingerprint density at radius 3 is 2.23 bits per heavy atom. The standard InChI is InChI=1S/C29H26ClN3O6S/c1-3-38-22-11-9-21(10-12-22)31-26(34)16-33-28(36)25(40-29(33)37)15-19-6-13-24(23(30)14-19)39-17-27(35)32-20-7-4-18(2)5-8-20/h4-15H,3,16-17H2,1-2H3,(H,31,34)(H,32,35)/b25-15+. The monoisotopic (exact) mass is 579 g/mol. The second-order valence-corrected chi connectivity index (χ2v) is 10.1. The molecule has 0 aliphatic carbocycles. The van der Waals surface area contributed by atoms with Gasteiger partial charge in [0.2, 0.25) is 5.91 Å². The number of benzene rings is 3. The Morgan fingerprint density at radius 2 is 1.57 bits per heavy atom. The molecule has 2 N–H and O–H groups in total. The Kier molecular flexibility index (Phi) is 9.47. The molecule has 4 amide bonds. The van der Waals surface area contributed by atoms with Crippen molar-refractivity contribution in [3.05, 3.63) is 87.8 Å². The maximum Gasteiger partial charge on any atom is 0.294 e. The fraction of sp³-hybridized carbons (Fsp3) is 0.172. The van der Waals surface area contributed by atoms with Crippen molar-refractivity contribution >= 4 is 63.8 Å². The molecular formula is C29H26ClN3O6S. The van der Waals surface area contributed by atoms with Crippen molar-refractivity contribution in [2.24, 2.45) is 0 Å². The number of aryl methyl sites for hydroxylation is 1. The highest BCUT2D eigenvalue weighted by Crippen LogP contribution is 2.34. The number of nitrogens with one attached hydrogen (secondary N) is 2. The highest BCUT2D eigenvalue weighted by atomic mass is 35.5. The maximum absolute atomic E-state index is 12.8. The van der Waals surface area contributed by atoms with Gasteiger partial charge in [0.1, 0.15) is 18.0 Å². The number of carbonyl (C=O) groups is 4. The molecule has 0 aromatic heterocycles. The fourth-order valence-corrected chi connectivity index (χ4v) is 4.72. The average Bonchev–Trinajstić information content (AvgIpc) is 3.18. The smallest absolute Gasteiger partial charge is 0.294 e. The number of nitrogens with zero attached hydrogens (tertiary/aromatic N) is 1. The van der Waals surface area contributed by atoms with Gasteiger partial charge in [-0.25, -0.2) is 0 Å². The first kappa shape index (κ1) is 28.7. The molecular weight excluding hydrogens is 554 g/mol. The van der Waals surface area contributed by atoms with E-state index >= 15 is 0 Å². The number of amides is 4. The van der Waals surface area contributed by atoms with Crippen molar-refractivity contribution in [1.82, 2.24) is 4.90 Å². The molecule has 1 aliphatic heterocycles. The van der Waals surface area contributed by atoms with Crippen LogP contribution in [0.2, 0.25) is 5.02 Å². The molecule has 0 bridgehead atoms. The Bertz CT molecular complexity index is 1460. The van der Waals surface area contributed by atoms with Crippen LogP contribution in [0.1, 0.15) is 18.1 Å². The molecule has 0 spiro atoms. The van der Waals surface area contributed by atoms with Crippen LogP contribution in [0.3, 0.4) is 0 Å². The summed E-state index contributed by atoms with van der Waals surface area (Å²) in [7, 11) is 0. The number of hydrogen-bond acceptors (Lipinski definition) is 7. The van der Waals surface area contributed by atoms with Crippen molar-refractivity contribution in [3.8, 4) is 11.5 Å². The zero-order chi connectivity index (χ0) is 28.6. The van der Waals surface area contributed by atoms with Crippen LogP contribution < -0.4 is 20.1 Å². The van der Waals surface area contributed by atoms with Crippen LogP contribution in [-0.2, 0) is 14.4 Å². The van der Waals surface area contributed by atoms with Crippen LogP contribution in [0, 0.1) is 6.92 Å². The van der Waals surface area contributed by atoms with Crippen LogP contribution in [0.15, 0.2) is 71.6 Å². The van der Waals surface area contributed by atoms with Gasteiger partial charge in [0.05, 0.1) is 16.5 Å². The summed E-state index contributed by atoms with van der Waals surface area (Å²) in [5, 5.41) is 5.08. The number of thioether (sulfide) groups is 1. The summed E-state index contributed by atoms with van der Waals surface area (Å²) in [6, 6.07) is 18.9. The van der Waals surface area contributed by atoms with Crippen LogP contribution in [0.4, 0.5) is 16.2 Å². The number of ether oxygens (including phenoxy) is 2. The second-order valence-electron chi connectivity index (χ2n) is 8.67. The van der Waals surface area contributed by atoms with E-state index in [4.69, 9.17) is 21.1 Å². The first-order valence-electron chi connectivity index (χ1n) is 12.3. The number of rotatable bonds is 10. The molecule has 9 nitrogen and oxygen atoms in total. The molecule has 1 saturated heterocycles. The molecule has 1 heterocycles. The minimum absolute atomic E-state index is 0.154. The topological polar surface area (TPSA) is 114 Å². The first-order valence-corrected chi connectivity index (χ1v) is 13.5. The Hall–Kier alpha value is -4.28. The van der Waals surface area contributed by atoms with Gasteiger partial charge in [0, 0.05) is 11.4 Å². The quantitative estimate of drug-likeness (QED) is 0.294. The van der Waals surface area contributed by atoms with Gasteiger partial charge in [-0.3, -0.25) is 24.1 Å². The van der Waals surface area contributed by atoms with Crippen LogP contribution in [0.5, 0.6) is 11.5 Å². The predicted octanol–water partition coefficient (Wildman–Crippen LogP) is 5.74. The van der Waals surface area contributed by atoms with Gasteiger partial charge in [-0.05, 0) is 85.8 Å². The van der Waals surface area contributed by atoms with Crippen molar-refractivity contribution < 1.29 is 28.7 Å². The lowest BCUT2D eigenvalue weighted by molar-refractivity contribution is -0.127. The van der Waals surface area contributed by atoms with Crippen LogP contribution in [-0.4, -0.2) is 47.6 Å². The molecule has 11 heteroatoms. The SMILES string of the molecule is CCOc1ccc(NC(=O)CN2C(=O)S/C(=C/c3ccc(OCC(=O)Nc4ccc(C)cc4)c(Cl)c3)C2=O)cc1. The molecule has 0 radical (unpaired) electrons. The summed E-state index contributed by atoms with van der Waals surface area (Å²) >= 11 is 7.06. The first-order chi connectivity index (χ1) is 19.2. The van der Waals surface area contributed by atoms with Crippen molar-refractivity contribution in [2.45, 2.75) is 13.8 Å². The summed E-state index contributed by atoms with van der Waals surface area (Å²) in [6.07, 6.45) is 1.51. The van der Waals surface area contributed by atoms with E-state index in [1.807, 2.05) is 26.0 Å². The molecule has 206 valence electrons. The van der Waals surface area contributed by atoms with Crippen LogP contribution in [0.25, 0.3) is 6.08 Å². The van der Waals surface area contributed by atoms with E-state index < -0.39 is 23.6 Å². The minimum atomic E-state index is -0.582. The van der Waals surface area contributed by atoms with Crippen molar-refractivity contribution in [3.63, 3.8) is 0 Å². The number of carbonyl (C=O) groups excluding carboxylic acids is 4.